The number of para-hydroxylation sites is 1. The molecule has 1 aliphatic rings. The van der Waals surface area contributed by atoms with Crippen LogP contribution in [0.5, 0.6) is 0 Å². The first-order chi connectivity index (χ1) is 13.6. The molecule has 0 spiro atoms. The number of aliphatic imine (C=N–C) groups is 1. The van der Waals surface area contributed by atoms with E-state index < -0.39 is 0 Å². The van der Waals surface area contributed by atoms with Crippen LogP contribution < -0.4 is 10.2 Å². The Morgan fingerprint density at radius 2 is 1.86 bits per heavy atom. The van der Waals surface area contributed by atoms with Crippen molar-refractivity contribution in [3.8, 4) is 0 Å². The van der Waals surface area contributed by atoms with Crippen LogP contribution >= 0.6 is 11.3 Å². The van der Waals surface area contributed by atoms with Gasteiger partial charge in [0, 0.05) is 35.3 Å². The second-order valence-electron chi connectivity index (χ2n) is 6.96. The lowest BCUT2D eigenvalue weighted by Gasteiger charge is -2.28. The van der Waals surface area contributed by atoms with Crippen molar-refractivity contribution in [3.05, 3.63) is 87.6 Å². The monoisotopic (exact) mass is 389 g/mol. The first kappa shape index (κ1) is 18.4. The van der Waals surface area contributed by atoms with E-state index in [2.05, 4.69) is 41.5 Å². The van der Waals surface area contributed by atoms with Crippen LogP contribution in [0.3, 0.4) is 0 Å². The van der Waals surface area contributed by atoms with E-state index in [1.165, 1.54) is 11.3 Å². The molecular weight excluding hydrogens is 366 g/mol. The van der Waals surface area contributed by atoms with E-state index in [0.717, 1.165) is 32.3 Å². The van der Waals surface area contributed by atoms with Gasteiger partial charge in [-0.05, 0) is 25.1 Å². The van der Waals surface area contributed by atoms with Crippen LogP contribution in [0.15, 0.2) is 71.7 Å². The summed E-state index contributed by atoms with van der Waals surface area (Å²) in [5.74, 6) is -0.0173. The molecule has 0 fully saturated rings. The Morgan fingerprint density at radius 1 is 1.11 bits per heavy atom. The molecule has 4 nitrogen and oxygen atoms in total. The van der Waals surface area contributed by atoms with Crippen LogP contribution in [0.25, 0.3) is 0 Å². The number of amides is 1. The summed E-state index contributed by atoms with van der Waals surface area (Å²) in [6, 6.07) is 22.6. The van der Waals surface area contributed by atoms with Crippen molar-refractivity contribution in [2.75, 3.05) is 25.0 Å². The molecule has 28 heavy (non-hydrogen) atoms. The molecule has 1 aliphatic heterocycles. The molecule has 0 aliphatic carbocycles. The second kappa shape index (κ2) is 7.98. The summed E-state index contributed by atoms with van der Waals surface area (Å²) >= 11 is 1.52. The fourth-order valence-corrected chi connectivity index (χ4v) is 4.26. The number of aryl methyl sites for hydroxylation is 1. The summed E-state index contributed by atoms with van der Waals surface area (Å²) < 4.78 is 0. The number of anilines is 1. The number of thiophene rings is 1. The fourth-order valence-electron chi connectivity index (χ4n) is 3.48. The molecule has 4 rings (SSSR count). The third kappa shape index (κ3) is 3.71. The second-order valence-corrected chi connectivity index (χ2v) is 8.25. The van der Waals surface area contributed by atoms with Gasteiger partial charge < -0.3 is 10.2 Å². The first-order valence-corrected chi connectivity index (χ1v) is 10.2. The molecular formula is C23H23N3OS. The van der Waals surface area contributed by atoms with Gasteiger partial charge in [0.1, 0.15) is 0 Å². The predicted molar refractivity (Wildman–Crippen MR) is 117 cm³/mol. The Morgan fingerprint density at radius 3 is 2.61 bits per heavy atom. The van der Waals surface area contributed by atoms with E-state index in [9.17, 15) is 4.79 Å². The number of likely N-dealkylation sites (N-methyl/N-ethyl adjacent to an activating group) is 1. The van der Waals surface area contributed by atoms with Crippen LogP contribution in [0.4, 0.5) is 5.69 Å². The van der Waals surface area contributed by atoms with Gasteiger partial charge in [-0.3, -0.25) is 9.79 Å². The normalized spacial score (nSPS) is 16.1. The van der Waals surface area contributed by atoms with Crippen molar-refractivity contribution < 1.29 is 4.79 Å². The molecule has 5 heteroatoms. The smallest absolute Gasteiger partial charge is 0.261 e. The molecule has 0 saturated heterocycles. The van der Waals surface area contributed by atoms with Crippen molar-refractivity contribution in [2.24, 2.45) is 4.99 Å². The minimum absolute atomic E-state index is 0.0173. The number of benzodiazepines with no additional fused rings is 1. The Bertz CT molecular complexity index is 1010. The molecule has 0 saturated carbocycles. The lowest BCUT2D eigenvalue weighted by molar-refractivity contribution is 0.0955. The molecule has 3 aromatic rings. The van der Waals surface area contributed by atoms with Gasteiger partial charge >= 0.3 is 0 Å². The maximum Gasteiger partial charge on any atom is 0.261 e. The van der Waals surface area contributed by atoms with Gasteiger partial charge in [0.15, 0.2) is 0 Å². The third-order valence-corrected chi connectivity index (χ3v) is 6.06. The number of hydrogen-bond acceptors (Lipinski definition) is 4. The average molecular weight is 390 g/mol. The highest BCUT2D eigenvalue weighted by Gasteiger charge is 2.24. The Labute approximate surface area is 169 Å². The molecule has 0 radical (unpaired) electrons. The van der Waals surface area contributed by atoms with Crippen LogP contribution in [-0.4, -0.2) is 37.8 Å². The number of nitrogens with one attached hydrogen (secondary N) is 1. The summed E-state index contributed by atoms with van der Waals surface area (Å²) in [4.78, 5) is 21.5. The molecule has 2 aromatic carbocycles. The van der Waals surface area contributed by atoms with E-state index in [1.54, 1.807) is 0 Å². The van der Waals surface area contributed by atoms with Gasteiger partial charge in [-0.15, -0.1) is 11.3 Å². The number of hydrogen-bond donors (Lipinski definition) is 1. The molecule has 0 bridgehead atoms. The molecule has 1 N–H and O–H groups in total. The van der Waals surface area contributed by atoms with Gasteiger partial charge in [0.25, 0.3) is 5.91 Å². The molecule has 2 heterocycles. The zero-order chi connectivity index (χ0) is 19.5. The predicted octanol–water partition coefficient (Wildman–Crippen LogP) is 4.14. The summed E-state index contributed by atoms with van der Waals surface area (Å²) in [6.07, 6.45) is 0. The number of rotatable bonds is 4. The highest BCUT2D eigenvalue weighted by atomic mass is 32.1. The van der Waals surface area contributed by atoms with E-state index in [-0.39, 0.29) is 11.9 Å². The average Bonchev–Trinajstić information content (AvgIpc) is 3.11. The van der Waals surface area contributed by atoms with E-state index in [0.29, 0.717) is 13.1 Å². The van der Waals surface area contributed by atoms with Gasteiger partial charge in [-0.1, -0.05) is 48.5 Å². The maximum absolute atomic E-state index is 12.5. The maximum atomic E-state index is 12.5. The van der Waals surface area contributed by atoms with Crippen molar-refractivity contribution in [2.45, 2.75) is 13.0 Å². The van der Waals surface area contributed by atoms with Crippen molar-refractivity contribution in [1.29, 1.82) is 0 Å². The number of nitrogens with zero attached hydrogens (tertiary/aromatic N) is 2. The number of carbonyl (C=O) groups is 1. The number of carbonyl (C=O) groups excluding carboxylic acids is 1. The fraction of sp³-hybridized carbons (Fsp3) is 0.217. The van der Waals surface area contributed by atoms with Gasteiger partial charge in [-0.2, -0.15) is 0 Å². The molecule has 1 aromatic heterocycles. The third-order valence-electron chi connectivity index (χ3n) is 5.06. The Balaban J connectivity index is 1.59. The van der Waals surface area contributed by atoms with Crippen LogP contribution in [0.1, 0.15) is 25.7 Å². The lowest BCUT2D eigenvalue weighted by Crippen LogP contribution is -2.43. The molecule has 142 valence electrons. The van der Waals surface area contributed by atoms with E-state index >= 15 is 0 Å². The minimum Gasteiger partial charge on any atom is -0.367 e. The van der Waals surface area contributed by atoms with E-state index in [4.69, 9.17) is 4.99 Å². The zero-order valence-corrected chi connectivity index (χ0v) is 16.9. The molecule has 1 atom stereocenters. The van der Waals surface area contributed by atoms with Crippen molar-refractivity contribution in [1.82, 2.24) is 5.32 Å². The first-order valence-electron chi connectivity index (χ1n) is 9.40. The Kier molecular flexibility index (Phi) is 5.26. The highest BCUT2D eigenvalue weighted by molar-refractivity contribution is 7.13. The standard InChI is InChI=1S/C23H23N3OS/c1-16-12-13-21(28-16)23(27)25-15-18-14-24-22(17-8-4-3-5-9-17)19-10-6-7-11-20(19)26(18)2/h3-13,18H,14-15H2,1-2H3,(H,25,27). The summed E-state index contributed by atoms with van der Waals surface area (Å²) in [6.45, 7) is 3.18. The molecule has 1 amide bonds. The topological polar surface area (TPSA) is 44.7 Å². The summed E-state index contributed by atoms with van der Waals surface area (Å²) in [7, 11) is 2.08. The van der Waals surface area contributed by atoms with Crippen LogP contribution in [0, 0.1) is 6.92 Å². The zero-order valence-electron chi connectivity index (χ0n) is 16.1. The van der Waals surface area contributed by atoms with Gasteiger partial charge in [0.2, 0.25) is 0 Å². The summed E-state index contributed by atoms with van der Waals surface area (Å²) in [5, 5.41) is 3.09. The van der Waals surface area contributed by atoms with Crippen molar-refractivity contribution in [3.63, 3.8) is 0 Å². The SMILES string of the molecule is Cc1ccc(C(=O)NCC2CN=C(c3ccccc3)c3ccccc3N2C)s1. The molecule has 1 unspecified atom stereocenters. The largest absolute Gasteiger partial charge is 0.367 e. The van der Waals surface area contributed by atoms with Gasteiger partial charge in [-0.25, -0.2) is 0 Å². The highest BCUT2D eigenvalue weighted by Crippen LogP contribution is 2.27. The lowest BCUT2D eigenvalue weighted by atomic mass is 10.0. The Hall–Kier alpha value is -2.92. The summed E-state index contributed by atoms with van der Waals surface area (Å²) in [5.41, 5.74) is 4.38. The van der Waals surface area contributed by atoms with Crippen LogP contribution in [-0.2, 0) is 0 Å². The quantitative estimate of drug-likeness (QED) is 0.729. The minimum atomic E-state index is -0.0173. The van der Waals surface area contributed by atoms with Crippen molar-refractivity contribution >= 4 is 28.6 Å². The van der Waals surface area contributed by atoms with Gasteiger partial charge in [0.05, 0.1) is 23.2 Å². The number of fused-ring (bicyclic) bond motifs is 1. The number of benzene rings is 2. The van der Waals surface area contributed by atoms with E-state index in [1.807, 2.05) is 49.4 Å². The van der Waals surface area contributed by atoms with Crippen LogP contribution in [0.2, 0.25) is 0 Å².